The standard InChI is InChI=1S/C14H24N2OS/c1-12(10-13-4-3-9-18-13)16(2)14(11-15)5-7-17-8-6-14/h3-4,9,12H,5-8,10-11,15H2,1-2H3. The molecule has 1 aliphatic heterocycles. The first kappa shape index (κ1) is 14.0. The summed E-state index contributed by atoms with van der Waals surface area (Å²) in [5.74, 6) is 0. The van der Waals surface area contributed by atoms with Gasteiger partial charge in [0.25, 0.3) is 0 Å². The van der Waals surface area contributed by atoms with Crippen LogP contribution in [0, 0.1) is 0 Å². The quantitative estimate of drug-likeness (QED) is 0.889. The largest absolute Gasteiger partial charge is 0.381 e. The van der Waals surface area contributed by atoms with Gasteiger partial charge >= 0.3 is 0 Å². The molecule has 102 valence electrons. The normalized spacial score (nSPS) is 21.1. The highest BCUT2D eigenvalue weighted by Gasteiger charge is 2.37. The molecule has 2 rings (SSSR count). The molecule has 1 atom stereocenters. The van der Waals surface area contributed by atoms with Gasteiger partial charge in [-0.2, -0.15) is 0 Å². The van der Waals surface area contributed by atoms with Crippen LogP contribution in [-0.4, -0.2) is 43.3 Å². The van der Waals surface area contributed by atoms with Crippen molar-refractivity contribution in [3.05, 3.63) is 22.4 Å². The minimum Gasteiger partial charge on any atom is -0.381 e. The second-order valence-corrected chi connectivity index (χ2v) is 6.32. The fourth-order valence-corrected chi connectivity index (χ4v) is 3.60. The average molecular weight is 268 g/mol. The van der Waals surface area contributed by atoms with Gasteiger partial charge in [0, 0.05) is 36.2 Å². The molecule has 2 heterocycles. The molecule has 0 spiro atoms. The number of nitrogens with zero attached hydrogens (tertiary/aromatic N) is 1. The summed E-state index contributed by atoms with van der Waals surface area (Å²) in [6.45, 7) is 4.70. The zero-order valence-electron chi connectivity index (χ0n) is 11.4. The summed E-state index contributed by atoms with van der Waals surface area (Å²) >= 11 is 1.84. The van der Waals surface area contributed by atoms with Crippen molar-refractivity contribution in [2.45, 2.75) is 37.8 Å². The lowest BCUT2D eigenvalue weighted by atomic mass is 9.87. The van der Waals surface area contributed by atoms with Gasteiger partial charge in [0.05, 0.1) is 0 Å². The van der Waals surface area contributed by atoms with Crippen LogP contribution in [0.5, 0.6) is 0 Å². The molecular formula is C14H24N2OS. The maximum absolute atomic E-state index is 6.06. The molecule has 3 nitrogen and oxygen atoms in total. The van der Waals surface area contributed by atoms with Gasteiger partial charge in [-0.05, 0) is 44.7 Å². The fraction of sp³-hybridized carbons (Fsp3) is 0.714. The van der Waals surface area contributed by atoms with Gasteiger partial charge in [-0.3, -0.25) is 4.90 Å². The Morgan fingerprint density at radius 2 is 2.22 bits per heavy atom. The first-order valence-corrected chi connectivity index (χ1v) is 7.59. The van der Waals surface area contributed by atoms with Crippen LogP contribution in [0.1, 0.15) is 24.6 Å². The van der Waals surface area contributed by atoms with E-state index in [4.69, 9.17) is 10.5 Å². The lowest BCUT2D eigenvalue weighted by Gasteiger charge is -2.46. The van der Waals surface area contributed by atoms with Crippen molar-refractivity contribution in [1.29, 1.82) is 0 Å². The van der Waals surface area contributed by atoms with Gasteiger partial charge in [0.15, 0.2) is 0 Å². The van der Waals surface area contributed by atoms with Crippen LogP contribution in [0.15, 0.2) is 17.5 Å². The van der Waals surface area contributed by atoms with Crippen LogP contribution < -0.4 is 5.73 Å². The van der Waals surface area contributed by atoms with Crippen LogP contribution in [0.2, 0.25) is 0 Å². The molecule has 0 aliphatic carbocycles. The molecule has 18 heavy (non-hydrogen) atoms. The maximum atomic E-state index is 6.06. The smallest absolute Gasteiger partial charge is 0.0484 e. The van der Waals surface area contributed by atoms with E-state index in [0.717, 1.165) is 39.0 Å². The molecule has 4 heteroatoms. The van der Waals surface area contributed by atoms with E-state index in [-0.39, 0.29) is 5.54 Å². The highest BCUT2D eigenvalue weighted by atomic mass is 32.1. The van der Waals surface area contributed by atoms with E-state index in [1.165, 1.54) is 4.88 Å². The van der Waals surface area contributed by atoms with E-state index in [0.29, 0.717) is 6.04 Å². The molecule has 0 amide bonds. The number of hydrogen-bond donors (Lipinski definition) is 1. The Hall–Kier alpha value is -0.420. The van der Waals surface area contributed by atoms with E-state index in [1.54, 1.807) is 0 Å². The summed E-state index contributed by atoms with van der Waals surface area (Å²) < 4.78 is 5.48. The molecule has 0 aromatic carbocycles. The van der Waals surface area contributed by atoms with E-state index in [1.807, 2.05) is 11.3 Å². The third-order valence-corrected chi connectivity index (χ3v) is 5.19. The minimum absolute atomic E-state index is 0.134. The highest BCUT2D eigenvalue weighted by molar-refractivity contribution is 7.09. The van der Waals surface area contributed by atoms with Crippen molar-refractivity contribution in [2.24, 2.45) is 5.73 Å². The van der Waals surface area contributed by atoms with E-state index in [2.05, 4.69) is 36.4 Å². The van der Waals surface area contributed by atoms with Crippen LogP contribution in [-0.2, 0) is 11.2 Å². The van der Waals surface area contributed by atoms with Gasteiger partial charge in [-0.1, -0.05) is 6.07 Å². The first-order valence-electron chi connectivity index (χ1n) is 6.71. The first-order chi connectivity index (χ1) is 8.68. The number of thiophene rings is 1. The Kier molecular flexibility index (Phi) is 4.78. The Balaban J connectivity index is 2.01. The third-order valence-electron chi connectivity index (χ3n) is 4.29. The summed E-state index contributed by atoms with van der Waals surface area (Å²) in [4.78, 5) is 3.93. The Labute approximate surface area is 114 Å². The second kappa shape index (κ2) is 6.15. The van der Waals surface area contributed by atoms with Crippen LogP contribution in [0.4, 0.5) is 0 Å². The molecule has 0 bridgehead atoms. The topological polar surface area (TPSA) is 38.5 Å². The predicted octanol–water partition coefficient (Wildman–Crippen LogP) is 2.12. The molecule has 1 aromatic rings. The van der Waals surface area contributed by atoms with Crippen molar-refractivity contribution >= 4 is 11.3 Å². The Morgan fingerprint density at radius 3 is 2.78 bits per heavy atom. The van der Waals surface area contributed by atoms with Gasteiger partial charge in [0.2, 0.25) is 0 Å². The minimum atomic E-state index is 0.134. The zero-order valence-corrected chi connectivity index (χ0v) is 12.2. The average Bonchev–Trinajstić information content (AvgIpc) is 2.91. The molecule has 1 unspecified atom stereocenters. The lowest BCUT2D eigenvalue weighted by Crippen LogP contribution is -2.58. The van der Waals surface area contributed by atoms with E-state index >= 15 is 0 Å². The summed E-state index contributed by atoms with van der Waals surface area (Å²) in [6, 6.07) is 4.86. The van der Waals surface area contributed by atoms with E-state index < -0.39 is 0 Å². The van der Waals surface area contributed by atoms with Crippen molar-refractivity contribution in [2.75, 3.05) is 26.8 Å². The summed E-state index contributed by atoms with van der Waals surface area (Å²) in [5, 5.41) is 2.15. The maximum Gasteiger partial charge on any atom is 0.0484 e. The molecule has 2 N–H and O–H groups in total. The Morgan fingerprint density at radius 1 is 1.50 bits per heavy atom. The number of rotatable bonds is 5. The predicted molar refractivity (Wildman–Crippen MR) is 77.1 cm³/mol. The summed E-state index contributed by atoms with van der Waals surface area (Å²) in [6.07, 6.45) is 3.21. The highest BCUT2D eigenvalue weighted by Crippen LogP contribution is 2.28. The van der Waals surface area contributed by atoms with Crippen LogP contribution in [0.25, 0.3) is 0 Å². The second-order valence-electron chi connectivity index (χ2n) is 5.28. The van der Waals surface area contributed by atoms with Gasteiger partial charge in [0.1, 0.15) is 0 Å². The van der Waals surface area contributed by atoms with Crippen LogP contribution in [0.3, 0.4) is 0 Å². The molecule has 0 saturated carbocycles. The van der Waals surface area contributed by atoms with Gasteiger partial charge in [-0.15, -0.1) is 11.3 Å². The third kappa shape index (κ3) is 2.94. The van der Waals surface area contributed by atoms with E-state index in [9.17, 15) is 0 Å². The molecule has 1 fully saturated rings. The molecule has 0 radical (unpaired) electrons. The van der Waals surface area contributed by atoms with Gasteiger partial charge in [-0.25, -0.2) is 0 Å². The van der Waals surface area contributed by atoms with Crippen molar-refractivity contribution in [1.82, 2.24) is 4.90 Å². The Bertz CT molecular complexity index is 347. The molecule has 1 aromatic heterocycles. The van der Waals surface area contributed by atoms with Gasteiger partial charge < -0.3 is 10.5 Å². The number of ether oxygens (including phenoxy) is 1. The number of nitrogens with two attached hydrogens (primary N) is 1. The van der Waals surface area contributed by atoms with Crippen molar-refractivity contribution in [3.63, 3.8) is 0 Å². The zero-order chi connectivity index (χ0) is 13.0. The SMILES string of the molecule is CC(Cc1cccs1)N(C)C1(CN)CCOCC1. The van der Waals surface area contributed by atoms with Crippen LogP contribution >= 0.6 is 11.3 Å². The summed E-state index contributed by atoms with van der Waals surface area (Å²) in [5.41, 5.74) is 6.19. The fourth-order valence-electron chi connectivity index (χ4n) is 2.78. The molecule has 1 aliphatic rings. The lowest BCUT2D eigenvalue weighted by molar-refractivity contribution is -0.0274. The van der Waals surface area contributed by atoms with Crippen molar-refractivity contribution < 1.29 is 4.74 Å². The molecule has 1 saturated heterocycles. The van der Waals surface area contributed by atoms with Crippen molar-refractivity contribution in [3.8, 4) is 0 Å². The number of likely N-dealkylation sites (N-methyl/N-ethyl adjacent to an activating group) is 1. The number of hydrogen-bond acceptors (Lipinski definition) is 4. The summed E-state index contributed by atoms with van der Waals surface area (Å²) in [7, 11) is 2.22. The monoisotopic (exact) mass is 268 g/mol. The molecular weight excluding hydrogens is 244 g/mol.